The molecule has 0 amide bonds. The molecule has 0 spiro atoms. The number of furan rings is 1. The lowest BCUT2D eigenvalue weighted by Gasteiger charge is -2.04. The lowest BCUT2D eigenvalue weighted by atomic mass is 9.97. The SMILES string of the molecule is CCCCc1oc2ccc(C)cc2c1C(=O)c1ccc(C)cc1.N=S(=O)=O. The summed E-state index contributed by atoms with van der Waals surface area (Å²) in [5.74, 6) is 0.874. The van der Waals surface area contributed by atoms with Crippen molar-refractivity contribution in [3.05, 3.63) is 70.5 Å². The Morgan fingerprint density at radius 1 is 1.04 bits per heavy atom. The maximum atomic E-state index is 13.1. The molecule has 0 radical (unpaired) electrons. The zero-order valence-electron chi connectivity index (χ0n) is 15.7. The molecule has 5 nitrogen and oxygen atoms in total. The largest absolute Gasteiger partial charge is 0.460 e. The van der Waals surface area contributed by atoms with Crippen molar-refractivity contribution in [3.8, 4) is 0 Å². The lowest BCUT2D eigenvalue weighted by Crippen LogP contribution is -2.04. The standard InChI is InChI=1S/C21H22O2.HNO2S/c1-4-5-6-19-20(17-13-15(3)9-12-18(17)23-19)21(22)16-10-7-14(2)8-11-16;1-4(2)3/h7-13H,4-6H2,1-3H3;1H. The van der Waals surface area contributed by atoms with Crippen molar-refractivity contribution in [2.24, 2.45) is 0 Å². The van der Waals surface area contributed by atoms with E-state index in [4.69, 9.17) is 17.6 Å². The molecule has 1 N–H and O–H groups in total. The molecule has 27 heavy (non-hydrogen) atoms. The van der Waals surface area contributed by atoms with Crippen molar-refractivity contribution in [3.63, 3.8) is 0 Å². The lowest BCUT2D eigenvalue weighted by molar-refractivity contribution is 0.103. The van der Waals surface area contributed by atoms with Crippen LogP contribution in [0.4, 0.5) is 0 Å². The van der Waals surface area contributed by atoms with Crippen LogP contribution in [0.3, 0.4) is 0 Å². The molecule has 142 valence electrons. The molecule has 0 saturated carbocycles. The topological polar surface area (TPSA) is 88.2 Å². The van der Waals surface area contributed by atoms with Gasteiger partial charge in [-0.1, -0.05) is 54.8 Å². The van der Waals surface area contributed by atoms with Gasteiger partial charge in [0.15, 0.2) is 5.78 Å². The third-order valence-electron chi connectivity index (χ3n) is 4.21. The molecule has 0 aliphatic carbocycles. The zero-order valence-corrected chi connectivity index (χ0v) is 16.5. The van der Waals surface area contributed by atoms with Crippen LogP contribution in [0.15, 0.2) is 46.9 Å². The van der Waals surface area contributed by atoms with E-state index < -0.39 is 10.5 Å². The molecular weight excluding hydrogens is 362 g/mol. The minimum atomic E-state index is -2.61. The van der Waals surface area contributed by atoms with Gasteiger partial charge in [0.05, 0.1) is 5.56 Å². The minimum Gasteiger partial charge on any atom is -0.460 e. The first-order chi connectivity index (χ1) is 12.8. The molecular formula is C21H23NO4S. The summed E-state index contributed by atoms with van der Waals surface area (Å²) >= 11 is 0. The molecule has 1 aromatic heterocycles. The maximum Gasteiger partial charge on any atom is 0.308 e. The van der Waals surface area contributed by atoms with Gasteiger partial charge < -0.3 is 4.42 Å². The Bertz CT molecular complexity index is 1040. The monoisotopic (exact) mass is 385 g/mol. The number of carbonyl (C=O) groups is 1. The Hall–Kier alpha value is -2.73. The van der Waals surface area contributed by atoms with Crippen LogP contribution in [0.2, 0.25) is 0 Å². The molecule has 1 heterocycles. The van der Waals surface area contributed by atoms with Crippen molar-refractivity contribution >= 4 is 27.3 Å². The number of fused-ring (bicyclic) bond motifs is 1. The summed E-state index contributed by atoms with van der Waals surface area (Å²) in [6, 6.07) is 13.8. The van der Waals surface area contributed by atoms with E-state index in [-0.39, 0.29) is 5.78 Å². The normalized spacial score (nSPS) is 10.3. The van der Waals surface area contributed by atoms with E-state index >= 15 is 0 Å². The molecule has 0 fully saturated rings. The predicted octanol–water partition coefficient (Wildman–Crippen LogP) is 5.25. The van der Waals surface area contributed by atoms with E-state index in [9.17, 15) is 4.79 Å². The summed E-state index contributed by atoms with van der Waals surface area (Å²) in [7, 11) is -2.61. The van der Waals surface area contributed by atoms with E-state index in [2.05, 4.69) is 13.0 Å². The zero-order chi connectivity index (χ0) is 20.0. The Morgan fingerprint density at radius 2 is 1.63 bits per heavy atom. The summed E-state index contributed by atoms with van der Waals surface area (Å²) < 4.78 is 28.8. The first-order valence-corrected chi connectivity index (χ1v) is 9.84. The van der Waals surface area contributed by atoms with Gasteiger partial charge in [-0.2, -0.15) is 13.2 Å². The average Bonchev–Trinajstić information content (AvgIpc) is 2.97. The third kappa shape index (κ3) is 5.37. The van der Waals surface area contributed by atoms with Crippen LogP contribution in [-0.2, 0) is 16.9 Å². The minimum absolute atomic E-state index is 0.0560. The van der Waals surface area contributed by atoms with Crippen molar-refractivity contribution in [2.75, 3.05) is 0 Å². The number of aryl methyl sites for hydroxylation is 3. The Kier molecular flexibility index (Phi) is 7.07. The molecule has 3 aromatic rings. The highest BCUT2D eigenvalue weighted by molar-refractivity contribution is 7.60. The van der Waals surface area contributed by atoms with E-state index in [1.807, 2.05) is 50.2 Å². The van der Waals surface area contributed by atoms with Crippen LogP contribution < -0.4 is 0 Å². The second-order valence-corrected chi connectivity index (χ2v) is 6.90. The van der Waals surface area contributed by atoms with Crippen LogP contribution in [0.5, 0.6) is 0 Å². The number of carbonyl (C=O) groups excluding carboxylic acids is 1. The molecule has 3 rings (SSSR count). The van der Waals surface area contributed by atoms with Crippen LogP contribution in [0, 0.1) is 18.6 Å². The molecule has 6 heteroatoms. The molecule has 0 aliphatic heterocycles. The van der Waals surface area contributed by atoms with Gasteiger partial charge in [0, 0.05) is 17.4 Å². The van der Waals surface area contributed by atoms with E-state index in [1.54, 1.807) is 0 Å². The number of rotatable bonds is 5. The maximum absolute atomic E-state index is 13.1. The molecule has 0 bridgehead atoms. The summed E-state index contributed by atoms with van der Waals surface area (Å²) in [6.07, 6.45) is 2.90. The van der Waals surface area contributed by atoms with Crippen LogP contribution in [0.1, 0.15) is 52.6 Å². The highest BCUT2D eigenvalue weighted by Gasteiger charge is 2.21. The van der Waals surface area contributed by atoms with E-state index in [0.29, 0.717) is 0 Å². The van der Waals surface area contributed by atoms with Crippen molar-refractivity contribution in [1.82, 2.24) is 0 Å². The number of hydrogen-bond donors (Lipinski definition) is 1. The number of nitrogens with one attached hydrogen (secondary N) is 1. The predicted molar refractivity (Wildman–Crippen MR) is 106 cm³/mol. The Labute approximate surface area is 160 Å². The van der Waals surface area contributed by atoms with Gasteiger partial charge in [0.2, 0.25) is 0 Å². The van der Waals surface area contributed by atoms with Gasteiger partial charge in [-0.15, -0.1) is 0 Å². The fourth-order valence-electron chi connectivity index (χ4n) is 2.87. The smallest absolute Gasteiger partial charge is 0.308 e. The summed E-state index contributed by atoms with van der Waals surface area (Å²) in [5, 5.41) is 0.932. The number of ketones is 1. The van der Waals surface area contributed by atoms with E-state index in [1.165, 1.54) is 0 Å². The van der Waals surface area contributed by atoms with Gasteiger partial charge in [-0.05, 0) is 32.4 Å². The highest BCUT2D eigenvalue weighted by Crippen LogP contribution is 2.30. The average molecular weight is 385 g/mol. The first-order valence-electron chi connectivity index (χ1n) is 8.77. The number of benzene rings is 2. The quantitative estimate of drug-likeness (QED) is 0.607. The number of unbranched alkanes of at least 4 members (excludes halogenated alkanes) is 1. The van der Waals surface area contributed by atoms with Gasteiger partial charge >= 0.3 is 10.5 Å². The van der Waals surface area contributed by atoms with E-state index in [0.717, 1.165) is 58.2 Å². The Balaban J connectivity index is 0.000000596. The highest BCUT2D eigenvalue weighted by atomic mass is 32.2. The van der Waals surface area contributed by atoms with Crippen molar-refractivity contribution in [2.45, 2.75) is 40.0 Å². The molecule has 0 saturated heterocycles. The van der Waals surface area contributed by atoms with Crippen LogP contribution >= 0.6 is 0 Å². The number of hydrogen-bond acceptors (Lipinski definition) is 5. The van der Waals surface area contributed by atoms with Crippen molar-refractivity contribution in [1.29, 1.82) is 4.78 Å². The molecule has 0 aliphatic rings. The van der Waals surface area contributed by atoms with Gasteiger partial charge in [-0.25, -0.2) is 0 Å². The first kappa shape index (κ1) is 20.6. The van der Waals surface area contributed by atoms with Gasteiger partial charge in [-0.3, -0.25) is 4.79 Å². The summed E-state index contributed by atoms with van der Waals surface area (Å²) in [4.78, 5) is 13.1. The van der Waals surface area contributed by atoms with Crippen LogP contribution in [0.25, 0.3) is 11.0 Å². The summed E-state index contributed by atoms with van der Waals surface area (Å²) in [6.45, 7) is 6.21. The molecule has 0 atom stereocenters. The Morgan fingerprint density at radius 3 is 2.22 bits per heavy atom. The third-order valence-corrected chi connectivity index (χ3v) is 4.21. The molecule has 0 unspecified atom stereocenters. The van der Waals surface area contributed by atoms with Gasteiger partial charge in [0.1, 0.15) is 11.3 Å². The second kappa shape index (κ2) is 9.28. The van der Waals surface area contributed by atoms with Crippen molar-refractivity contribution < 1.29 is 17.6 Å². The molecule has 2 aromatic carbocycles. The summed E-state index contributed by atoms with van der Waals surface area (Å²) in [5.41, 5.74) is 4.55. The second-order valence-electron chi connectivity index (χ2n) is 6.43. The fraction of sp³-hybridized carbons (Fsp3) is 0.286. The van der Waals surface area contributed by atoms with Gasteiger partial charge in [0.25, 0.3) is 0 Å². The van der Waals surface area contributed by atoms with Crippen LogP contribution in [-0.4, -0.2) is 14.2 Å². The fourth-order valence-corrected chi connectivity index (χ4v) is 2.87.